The lowest BCUT2D eigenvalue weighted by atomic mass is 10.1. The number of aromatic nitrogens is 2. The third-order valence-electron chi connectivity index (χ3n) is 5.27. The molecule has 3 aromatic rings. The van der Waals surface area contributed by atoms with Crippen LogP contribution >= 0.6 is 0 Å². The molecule has 0 radical (unpaired) electrons. The molecule has 1 aliphatic heterocycles. The number of piperazine rings is 1. The first kappa shape index (κ1) is 19.8. The minimum Gasteiger partial charge on any atom is -0.497 e. The van der Waals surface area contributed by atoms with Gasteiger partial charge in [0.1, 0.15) is 17.2 Å². The number of nitrogens with one attached hydrogen (secondary N) is 1. The highest BCUT2D eigenvalue weighted by molar-refractivity contribution is 5.93. The first-order chi connectivity index (χ1) is 14.7. The van der Waals surface area contributed by atoms with Crippen LogP contribution in [-0.2, 0) is 0 Å². The zero-order chi connectivity index (χ0) is 20.9. The van der Waals surface area contributed by atoms with E-state index in [1.165, 1.54) is 0 Å². The first-order valence-electron chi connectivity index (χ1n) is 10.2. The van der Waals surface area contributed by atoms with Crippen molar-refractivity contribution in [2.75, 3.05) is 44.8 Å². The molecule has 30 heavy (non-hydrogen) atoms. The SMILES string of the molecule is CCOc1ccccc1N1CCN(C(=O)c2cc(-c3ccc(OC)cc3)n[nH]2)CC1. The van der Waals surface area contributed by atoms with E-state index in [0.717, 1.165) is 41.5 Å². The van der Waals surface area contributed by atoms with Crippen molar-refractivity contribution in [2.45, 2.75) is 6.92 Å². The summed E-state index contributed by atoms with van der Waals surface area (Å²) in [5.74, 6) is 1.65. The Labute approximate surface area is 176 Å². The van der Waals surface area contributed by atoms with Crippen molar-refractivity contribution < 1.29 is 14.3 Å². The second kappa shape index (κ2) is 8.90. The number of amides is 1. The lowest BCUT2D eigenvalue weighted by Gasteiger charge is -2.36. The Kier molecular flexibility index (Phi) is 5.88. The Hall–Kier alpha value is -3.48. The number of rotatable bonds is 6. The van der Waals surface area contributed by atoms with Crippen molar-refractivity contribution >= 4 is 11.6 Å². The van der Waals surface area contributed by atoms with Crippen LogP contribution in [0.4, 0.5) is 5.69 Å². The number of carbonyl (C=O) groups excluding carboxylic acids is 1. The summed E-state index contributed by atoms with van der Waals surface area (Å²) < 4.78 is 10.9. The molecule has 1 fully saturated rings. The van der Waals surface area contributed by atoms with Gasteiger partial charge in [-0.25, -0.2) is 0 Å². The van der Waals surface area contributed by atoms with E-state index >= 15 is 0 Å². The summed E-state index contributed by atoms with van der Waals surface area (Å²) in [6.45, 7) is 5.43. The van der Waals surface area contributed by atoms with Crippen molar-refractivity contribution in [3.63, 3.8) is 0 Å². The molecule has 1 aliphatic rings. The number of anilines is 1. The van der Waals surface area contributed by atoms with Crippen molar-refractivity contribution in [2.24, 2.45) is 0 Å². The Morgan fingerprint density at radius 1 is 1.07 bits per heavy atom. The summed E-state index contributed by atoms with van der Waals surface area (Å²) in [6.07, 6.45) is 0. The van der Waals surface area contributed by atoms with Crippen molar-refractivity contribution in [1.82, 2.24) is 15.1 Å². The van der Waals surface area contributed by atoms with Gasteiger partial charge in [0, 0.05) is 31.7 Å². The average molecular weight is 406 g/mol. The summed E-state index contributed by atoms with van der Waals surface area (Å²) in [4.78, 5) is 17.1. The molecule has 2 heterocycles. The normalized spacial score (nSPS) is 13.9. The van der Waals surface area contributed by atoms with Crippen molar-refractivity contribution in [3.8, 4) is 22.8 Å². The lowest BCUT2D eigenvalue weighted by molar-refractivity contribution is 0.0740. The number of nitrogens with zero attached hydrogens (tertiary/aromatic N) is 3. The lowest BCUT2D eigenvalue weighted by Crippen LogP contribution is -2.49. The Morgan fingerprint density at radius 2 is 1.80 bits per heavy atom. The molecule has 0 unspecified atom stereocenters. The minimum absolute atomic E-state index is 0.0278. The maximum absolute atomic E-state index is 12.9. The van der Waals surface area contributed by atoms with E-state index in [2.05, 4.69) is 21.2 Å². The van der Waals surface area contributed by atoms with Gasteiger partial charge >= 0.3 is 0 Å². The highest BCUT2D eigenvalue weighted by Gasteiger charge is 2.25. The fraction of sp³-hybridized carbons (Fsp3) is 0.304. The number of para-hydroxylation sites is 2. The van der Waals surface area contributed by atoms with Gasteiger partial charge in [0.05, 0.1) is 25.1 Å². The second-order valence-corrected chi connectivity index (χ2v) is 7.08. The van der Waals surface area contributed by atoms with Crippen LogP contribution in [0.3, 0.4) is 0 Å². The second-order valence-electron chi connectivity index (χ2n) is 7.08. The van der Waals surface area contributed by atoms with Gasteiger partial charge in [-0.05, 0) is 49.4 Å². The van der Waals surface area contributed by atoms with E-state index in [4.69, 9.17) is 9.47 Å². The number of hydrogen-bond acceptors (Lipinski definition) is 5. The zero-order valence-electron chi connectivity index (χ0n) is 17.3. The summed E-state index contributed by atoms with van der Waals surface area (Å²) in [5.41, 5.74) is 3.26. The fourth-order valence-corrected chi connectivity index (χ4v) is 3.66. The third-order valence-corrected chi connectivity index (χ3v) is 5.27. The van der Waals surface area contributed by atoms with E-state index in [1.807, 2.05) is 54.3 Å². The minimum atomic E-state index is -0.0278. The van der Waals surface area contributed by atoms with Gasteiger partial charge < -0.3 is 19.3 Å². The van der Waals surface area contributed by atoms with Crippen molar-refractivity contribution in [3.05, 3.63) is 60.3 Å². The highest BCUT2D eigenvalue weighted by atomic mass is 16.5. The molecule has 7 heteroatoms. The first-order valence-corrected chi connectivity index (χ1v) is 10.2. The molecule has 1 amide bonds. The molecule has 0 atom stereocenters. The third kappa shape index (κ3) is 4.10. The molecule has 0 saturated carbocycles. The summed E-state index contributed by atoms with van der Waals surface area (Å²) in [5, 5.41) is 7.20. The number of aromatic amines is 1. The predicted octanol–water partition coefficient (Wildman–Crippen LogP) is 3.45. The van der Waals surface area contributed by atoms with Gasteiger partial charge in [-0.2, -0.15) is 5.10 Å². The van der Waals surface area contributed by atoms with Crippen LogP contribution < -0.4 is 14.4 Å². The zero-order valence-corrected chi connectivity index (χ0v) is 17.3. The van der Waals surface area contributed by atoms with Gasteiger partial charge in [-0.1, -0.05) is 12.1 Å². The maximum Gasteiger partial charge on any atom is 0.272 e. The summed E-state index contributed by atoms with van der Waals surface area (Å²) in [6, 6.07) is 17.5. The van der Waals surface area contributed by atoms with Crippen LogP contribution in [0.25, 0.3) is 11.3 Å². The molecule has 7 nitrogen and oxygen atoms in total. The van der Waals surface area contributed by atoms with Crippen LogP contribution in [0.15, 0.2) is 54.6 Å². The van der Waals surface area contributed by atoms with Crippen LogP contribution in [0.2, 0.25) is 0 Å². The number of methoxy groups -OCH3 is 1. The quantitative estimate of drug-likeness (QED) is 0.679. The van der Waals surface area contributed by atoms with Crippen LogP contribution in [0.5, 0.6) is 11.5 Å². The molecule has 2 aromatic carbocycles. The number of hydrogen-bond donors (Lipinski definition) is 1. The van der Waals surface area contributed by atoms with E-state index in [9.17, 15) is 4.79 Å². The maximum atomic E-state index is 12.9. The van der Waals surface area contributed by atoms with Gasteiger partial charge in [-0.15, -0.1) is 0 Å². The van der Waals surface area contributed by atoms with Gasteiger partial charge in [0.15, 0.2) is 0 Å². The van der Waals surface area contributed by atoms with Crippen LogP contribution in [0.1, 0.15) is 17.4 Å². The molecule has 0 spiro atoms. The fourth-order valence-electron chi connectivity index (χ4n) is 3.66. The standard InChI is InChI=1S/C23H26N4O3/c1-3-30-22-7-5-4-6-21(22)26-12-14-27(15-13-26)23(28)20-16-19(24-25-20)17-8-10-18(29-2)11-9-17/h4-11,16H,3,12-15H2,1-2H3,(H,24,25). The topological polar surface area (TPSA) is 70.7 Å². The molecule has 1 saturated heterocycles. The molecular weight excluding hydrogens is 380 g/mol. The van der Waals surface area contributed by atoms with Crippen LogP contribution in [0, 0.1) is 0 Å². The smallest absolute Gasteiger partial charge is 0.272 e. The number of carbonyl (C=O) groups is 1. The van der Waals surface area contributed by atoms with Gasteiger partial charge in [0.2, 0.25) is 0 Å². The monoisotopic (exact) mass is 406 g/mol. The summed E-state index contributed by atoms with van der Waals surface area (Å²) >= 11 is 0. The molecule has 0 bridgehead atoms. The molecule has 0 aliphatic carbocycles. The number of benzene rings is 2. The largest absolute Gasteiger partial charge is 0.497 e. The van der Waals surface area contributed by atoms with Gasteiger partial charge in [-0.3, -0.25) is 9.89 Å². The molecule has 1 aromatic heterocycles. The number of H-pyrrole nitrogens is 1. The Morgan fingerprint density at radius 3 is 2.50 bits per heavy atom. The Balaban J connectivity index is 1.41. The van der Waals surface area contributed by atoms with E-state index in [1.54, 1.807) is 13.2 Å². The van der Waals surface area contributed by atoms with Crippen molar-refractivity contribution in [1.29, 1.82) is 0 Å². The van der Waals surface area contributed by atoms with Crippen LogP contribution in [-0.4, -0.2) is 60.9 Å². The van der Waals surface area contributed by atoms with E-state index in [0.29, 0.717) is 25.4 Å². The molecule has 156 valence electrons. The number of ether oxygens (including phenoxy) is 2. The predicted molar refractivity (Wildman–Crippen MR) is 116 cm³/mol. The van der Waals surface area contributed by atoms with Gasteiger partial charge in [0.25, 0.3) is 5.91 Å². The highest BCUT2D eigenvalue weighted by Crippen LogP contribution is 2.29. The molecular formula is C23H26N4O3. The van der Waals surface area contributed by atoms with E-state index < -0.39 is 0 Å². The average Bonchev–Trinajstić information content (AvgIpc) is 3.30. The summed E-state index contributed by atoms with van der Waals surface area (Å²) in [7, 11) is 1.63. The Bertz CT molecular complexity index is 992. The van der Waals surface area contributed by atoms with E-state index in [-0.39, 0.29) is 5.91 Å². The molecule has 1 N–H and O–H groups in total. The molecule has 4 rings (SSSR count).